The maximum Gasteiger partial charge on any atom is 0.265 e. The van der Waals surface area contributed by atoms with Gasteiger partial charge in [-0.1, -0.05) is 6.07 Å². The Balaban J connectivity index is 1.74. The Morgan fingerprint density at radius 2 is 1.70 bits per heavy atom. The number of nitrogens with one attached hydrogen (secondary N) is 1. The second-order valence-electron chi connectivity index (χ2n) is 6.73. The molecule has 1 saturated heterocycles. The molecule has 0 saturated carbocycles. The van der Waals surface area contributed by atoms with Crippen LogP contribution in [-0.2, 0) is 14.8 Å². The smallest absolute Gasteiger partial charge is 0.265 e. The van der Waals surface area contributed by atoms with Crippen molar-refractivity contribution in [1.82, 2.24) is 0 Å². The van der Waals surface area contributed by atoms with E-state index in [1.807, 2.05) is 25.1 Å². The summed E-state index contributed by atoms with van der Waals surface area (Å²) in [6, 6.07) is 12.6. The molecule has 0 unspecified atom stereocenters. The van der Waals surface area contributed by atoms with E-state index < -0.39 is 10.0 Å². The molecule has 0 atom stereocenters. The van der Waals surface area contributed by atoms with Gasteiger partial charge in [0.15, 0.2) is 0 Å². The van der Waals surface area contributed by atoms with Gasteiger partial charge in [0.1, 0.15) is 10.6 Å². The molecular weight excluding hydrogens is 364 g/mol. The van der Waals surface area contributed by atoms with Crippen LogP contribution in [0.5, 0.6) is 5.75 Å². The maximum absolute atomic E-state index is 12.8. The summed E-state index contributed by atoms with van der Waals surface area (Å²) in [6.45, 7) is 3.72. The third-order valence-electron chi connectivity index (χ3n) is 4.87. The van der Waals surface area contributed by atoms with Crippen molar-refractivity contribution in [1.29, 1.82) is 0 Å². The lowest BCUT2D eigenvalue weighted by Gasteiger charge is -2.33. The van der Waals surface area contributed by atoms with Crippen LogP contribution in [-0.4, -0.2) is 41.8 Å². The fourth-order valence-electron chi connectivity index (χ4n) is 3.29. The third-order valence-corrected chi connectivity index (χ3v) is 6.27. The van der Waals surface area contributed by atoms with Gasteiger partial charge in [0, 0.05) is 31.6 Å². The van der Waals surface area contributed by atoms with Crippen molar-refractivity contribution in [3.8, 4) is 5.75 Å². The van der Waals surface area contributed by atoms with Crippen LogP contribution in [0.1, 0.15) is 18.4 Å². The molecule has 146 valence electrons. The summed E-state index contributed by atoms with van der Waals surface area (Å²) in [5.74, 6) is 0.325. The molecule has 0 bridgehead atoms. The van der Waals surface area contributed by atoms with Gasteiger partial charge < -0.3 is 14.4 Å². The quantitative estimate of drug-likeness (QED) is 0.819. The average Bonchev–Trinajstić information content (AvgIpc) is 2.68. The monoisotopic (exact) mass is 390 g/mol. The Bertz CT molecular complexity index is 873. The van der Waals surface area contributed by atoms with Crippen LogP contribution in [0.15, 0.2) is 47.4 Å². The Morgan fingerprint density at radius 1 is 1.04 bits per heavy atom. The first-order chi connectivity index (χ1) is 12.9. The second kappa shape index (κ2) is 8.19. The molecule has 0 radical (unpaired) electrons. The SMILES string of the molecule is COc1ccc(C)cc1S(=O)(=O)Nc1ccc(N2CCC(OC)CC2)cc1. The van der Waals surface area contributed by atoms with Crippen LogP contribution >= 0.6 is 0 Å². The van der Waals surface area contributed by atoms with Crippen molar-refractivity contribution in [3.63, 3.8) is 0 Å². The predicted molar refractivity (Wildman–Crippen MR) is 107 cm³/mol. The summed E-state index contributed by atoms with van der Waals surface area (Å²) in [4.78, 5) is 2.42. The molecule has 2 aromatic rings. The molecular formula is C20H26N2O4S. The van der Waals surface area contributed by atoms with Crippen molar-refractivity contribution in [2.75, 3.05) is 36.9 Å². The number of benzene rings is 2. The molecule has 0 amide bonds. The molecule has 1 aliphatic heterocycles. The number of piperidine rings is 1. The Morgan fingerprint density at radius 3 is 2.30 bits per heavy atom. The van der Waals surface area contributed by atoms with Gasteiger partial charge in [0.2, 0.25) is 0 Å². The summed E-state index contributed by atoms with van der Waals surface area (Å²) in [7, 11) is -0.514. The highest BCUT2D eigenvalue weighted by atomic mass is 32.2. The number of ether oxygens (including phenoxy) is 2. The molecule has 6 nitrogen and oxygen atoms in total. The Labute approximate surface area is 161 Å². The highest BCUT2D eigenvalue weighted by Crippen LogP contribution is 2.28. The molecule has 27 heavy (non-hydrogen) atoms. The largest absolute Gasteiger partial charge is 0.495 e. The van der Waals surface area contributed by atoms with Gasteiger partial charge in [-0.25, -0.2) is 8.42 Å². The Hall–Kier alpha value is -2.25. The van der Waals surface area contributed by atoms with E-state index in [0.29, 0.717) is 17.5 Å². The normalized spacial score (nSPS) is 15.6. The molecule has 0 aliphatic carbocycles. The van der Waals surface area contributed by atoms with Crippen molar-refractivity contribution >= 4 is 21.4 Å². The molecule has 2 aromatic carbocycles. The van der Waals surface area contributed by atoms with Gasteiger partial charge >= 0.3 is 0 Å². The van der Waals surface area contributed by atoms with Crippen LogP contribution in [0.3, 0.4) is 0 Å². The molecule has 1 heterocycles. The average molecular weight is 391 g/mol. The highest BCUT2D eigenvalue weighted by Gasteiger charge is 2.21. The van der Waals surface area contributed by atoms with Gasteiger partial charge in [-0.2, -0.15) is 0 Å². The number of nitrogens with zero attached hydrogens (tertiary/aromatic N) is 1. The third kappa shape index (κ3) is 4.54. The van der Waals surface area contributed by atoms with Gasteiger partial charge in [0.25, 0.3) is 10.0 Å². The maximum atomic E-state index is 12.8. The minimum absolute atomic E-state index is 0.135. The van der Waals surface area contributed by atoms with Gasteiger partial charge in [-0.05, 0) is 61.7 Å². The Kier molecular flexibility index (Phi) is 5.92. The molecule has 1 fully saturated rings. The topological polar surface area (TPSA) is 67.9 Å². The second-order valence-corrected chi connectivity index (χ2v) is 8.38. The lowest BCUT2D eigenvalue weighted by molar-refractivity contribution is 0.0819. The van der Waals surface area contributed by atoms with Crippen molar-refractivity contribution in [2.45, 2.75) is 30.8 Å². The number of aryl methyl sites for hydroxylation is 1. The first kappa shape index (κ1) is 19.5. The summed E-state index contributed by atoms with van der Waals surface area (Å²) in [6.07, 6.45) is 2.33. The number of sulfonamides is 1. The molecule has 0 aromatic heterocycles. The fraction of sp³-hybridized carbons (Fsp3) is 0.400. The number of methoxy groups -OCH3 is 2. The van der Waals surface area contributed by atoms with Gasteiger partial charge in [-0.3, -0.25) is 4.72 Å². The fourth-order valence-corrected chi connectivity index (χ4v) is 4.61. The van der Waals surface area contributed by atoms with Crippen LogP contribution in [0.2, 0.25) is 0 Å². The molecule has 1 N–H and O–H groups in total. The number of anilines is 2. The van der Waals surface area contributed by atoms with E-state index in [4.69, 9.17) is 9.47 Å². The van der Waals surface area contributed by atoms with E-state index in [9.17, 15) is 8.42 Å². The van der Waals surface area contributed by atoms with Gasteiger partial charge in [-0.15, -0.1) is 0 Å². The van der Waals surface area contributed by atoms with Crippen LogP contribution in [0.25, 0.3) is 0 Å². The molecule has 0 spiro atoms. The summed E-state index contributed by atoms with van der Waals surface area (Å²) in [5, 5.41) is 0. The van der Waals surface area contributed by atoms with E-state index >= 15 is 0 Å². The van der Waals surface area contributed by atoms with Crippen LogP contribution in [0.4, 0.5) is 11.4 Å². The van der Waals surface area contributed by atoms with E-state index in [0.717, 1.165) is 37.2 Å². The van der Waals surface area contributed by atoms with Crippen molar-refractivity contribution in [2.24, 2.45) is 0 Å². The number of hydrogen-bond donors (Lipinski definition) is 1. The van der Waals surface area contributed by atoms with E-state index in [1.54, 1.807) is 31.4 Å². The highest BCUT2D eigenvalue weighted by molar-refractivity contribution is 7.92. The van der Waals surface area contributed by atoms with Crippen LogP contribution < -0.4 is 14.4 Å². The number of hydrogen-bond acceptors (Lipinski definition) is 5. The molecule has 3 rings (SSSR count). The zero-order valence-electron chi connectivity index (χ0n) is 15.9. The summed E-state index contributed by atoms with van der Waals surface area (Å²) >= 11 is 0. The van der Waals surface area contributed by atoms with Crippen molar-refractivity contribution < 1.29 is 17.9 Å². The van der Waals surface area contributed by atoms with Crippen molar-refractivity contribution in [3.05, 3.63) is 48.0 Å². The standard InChI is InChI=1S/C20H26N2O4S/c1-15-4-9-19(26-3)20(14-15)27(23,24)21-16-5-7-17(8-6-16)22-12-10-18(25-2)11-13-22/h4-9,14,18,21H,10-13H2,1-3H3. The number of rotatable bonds is 6. The van der Waals surface area contributed by atoms with Gasteiger partial charge in [0.05, 0.1) is 13.2 Å². The minimum Gasteiger partial charge on any atom is -0.495 e. The molecule has 7 heteroatoms. The van der Waals surface area contributed by atoms with Crippen LogP contribution in [0, 0.1) is 6.92 Å². The predicted octanol–water partition coefficient (Wildman–Crippen LogP) is 3.42. The summed E-state index contributed by atoms with van der Waals surface area (Å²) in [5.41, 5.74) is 2.46. The molecule has 1 aliphatic rings. The minimum atomic E-state index is -3.73. The first-order valence-corrected chi connectivity index (χ1v) is 10.5. The zero-order valence-corrected chi connectivity index (χ0v) is 16.8. The lowest BCUT2D eigenvalue weighted by Crippen LogP contribution is -2.36. The first-order valence-electron chi connectivity index (χ1n) is 8.98. The van der Waals surface area contributed by atoms with E-state index in [2.05, 4.69) is 9.62 Å². The zero-order chi connectivity index (χ0) is 19.4. The lowest BCUT2D eigenvalue weighted by atomic mass is 10.1. The van der Waals surface area contributed by atoms with E-state index in [1.165, 1.54) is 7.11 Å². The van der Waals surface area contributed by atoms with E-state index in [-0.39, 0.29) is 4.90 Å². The summed E-state index contributed by atoms with van der Waals surface area (Å²) < 4.78 is 38.8.